The van der Waals surface area contributed by atoms with Crippen molar-refractivity contribution >= 4 is 67.9 Å². The first-order valence-corrected chi connectivity index (χ1v) is 16.8. The fourth-order valence-corrected chi connectivity index (χ4v) is 7.37. The molecule has 6 rings (SSSR count). The maximum absolute atomic E-state index is 14.1. The average molecular weight is 722 g/mol. The summed E-state index contributed by atoms with van der Waals surface area (Å²) in [7, 11) is 1.54. The molecule has 0 amide bonds. The number of carbonyl (C=O) groups excluding carboxylic acids is 1. The van der Waals surface area contributed by atoms with Crippen molar-refractivity contribution in [3.8, 4) is 11.5 Å². The normalized spacial score (nSPS) is 14.6. The van der Waals surface area contributed by atoms with Crippen molar-refractivity contribution in [1.29, 1.82) is 0 Å². The van der Waals surface area contributed by atoms with Gasteiger partial charge in [0, 0.05) is 14.9 Å². The highest BCUT2D eigenvalue weighted by atomic mass is 79.9. The lowest BCUT2D eigenvalue weighted by Crippen LogP contribution is -2.39. The minimum absolute atomic E-state index is 0.192. The van der Waals surface area contributed by atoms with E-state index in [0.717, 1.165) is 20.5 Å². The zero-order chi connectivity index (χ0) is 31.5. The second-order valence-corrected chi connectivity index (χ2v) is 13.2. The van der Waals surface area contributed by atoms with Gasteiger partial charge in [0.2, 0.25) is 0 Å². The highest BCUT2D eigenvalue weighted by Gasteiger charge is 2.35. The monoisotopic (exact) mass is 720 g/mol. The Morgan fingerprint density at radius 3 is 2.56 bits per heavy atom. The van der Waals surface area contributed by atoms with Gasteiger partial charge in [-0.1, -0.05) is 87.4 Å². The number of halogens is 2. The van der Waals surface area contributed by atoms with Crippen molar-refractivity contribution < 1.29 is 19.0 Å². The highest BCUT2D eigenvalue weighted by Crippen LogP contribution is 2.38. The first-order chi connectivity index (χ1) is 21.9. The number of esters is 1. The molecular weight excluding hydrogens is 696 g/mol. The summed E-state index contributed by atoms with van der Waals surface area (Å²) in [5.41, 5.74) is 2.91. The lowest BCUT2D eigenvalue weighted by molar-refractivity contribution is -0.138. The largest absolute Gasteiger partial charge is 0.493 e. The van der Waals surface area contributed by atoms with Gasteiger partial charge in [0.25, 0.3) is 5.56 Å². The number of benzene rings is 3. The number of nitrogens with zero attached hydrogens (tertiary/aromatic N) is 2. The minimum atomic E-state index is -0.704. The van der Waals surface area contributed by atoms with Crippen LogP contribution >= 0.6 is 50.2 Å². The van der Waals surface area contributed by atoms with Crippen LogP contribution in [0.1, 0.15) is 34.5 Å². The molecule has 0 saturated carbocycles. The van der Waals surface area contributed by atoms with E-state index in [1.807, 2.05) is 72.1 Å². The molecule has 3 heterocycles. The Morgan fingerprint density at radius 2 is 1.87 bits per heavy atom. The third-order valence-corrected chi connectivity index (χ3v) is 9.75. The third-order valence-electron chi connectivity index (χ3n) is 7.03. The summed E-state index contributed by atoms with van der Waals surface area (Å²) < 4.78 is 20.1. The molecule has 0 radical (unpaired) electrons. The van der Waals surface area contributed by atoms with Crippen LogP contribution in [-0.4, -0.2) is 24.3 Å². The molecule has 1 aliphatic rings. The van der Waals surface area contributed by atoms with Crippen molar-refractivity contribution in [3.05, 3.63) is 141 Å². The van der Waals surface area contributed by atoms with Crippen LogP contribution in [0, 0.1) is 0 Å². The maximum Gasteiger partial charge on any atom is 0.338 e. The maximum atomic E-state index is 14.1. The standard InChI is InChI=1S/C34H26BrClN2O5S2/c1-3-42-33(40)28-29(22-8-5-4-6-9-22)37-34-38(30(28)26-10-7-15-44-26)32(39)27(45-34)18-21-16-24(36)31(25(17-21)41-2)43-19-20-11-13-23(35)14-12-20/h4-18,30H,3,19H2,1-2H3/b27-18-/t30-/m0/s1. The Balaban J connectivity index is 1.46. The van der Waals surface area contributed by atoms with Crippen LogP contribution in [0.3, 0.4) is 0 Å². The second-order valence-electron chi connectivity index (χ2n) is 9.90. The van der Waals surface area contributed by atoms with Crippen LogP contribution < -0.4 is 24.4 Å². The minimum Gasteiger partial charge on any atom is -0.493 e. The fourth-order valence-electron chi connectivity index (χ4n) is 5.01. The summed E-state index contributed by atoms with van der Waals surface area (Å²) in [5, 5.41) is 2.27. The van der Waals surface area contributed by atoms with Crippen molar-refractivity contribution in [2.45, 2.75) is 19.6 Å². The van der Waals surface area contributed by atoms with Gasteiger partial charge in [-0.2, -0.15) is 0 Å². The predicted octanol–water partition coefficient (Wildman–Crippen LogP) is 7.00. The molecule has 3 aromatic carbocycles. The molecular formula is C34H26BrClN2O5S2. The Bertz CT molecular complexity index is 2070. The molecule has 228 valence electrons. The quantitative estimate of drug-likeness (QED) is 0.153. The Morgan fingerprint density at radius 1 is 1.09 bits per heavy atom. The van der Waals surface area contributed by atoms with E-state index in [4.69, 9.17) is 30.8 Å². The molecule has 7 nitrogen and oxygen atoms in total. The van der Waals surface area contributed by atoms with E-state index in [0.29, 0.717) is 49.3 Å². The molecule has 1 atom stereocenters. The van der Waals surface area contributed by atoms with Gasteiger partial charge >= 0.3 is 5.97 Å². The van der Waals surface area contributed by atoms with E-state index in [1.165, 1.54) is 22.7 Å². The number of thiophene rings is 1. The van der Waals surface area contributed by atoms with E-state index in [-0.39, 0.29) is 12.2 Å². The number of thiazole rings is 1. The van der Waals surface area contributed by atoms with Crippen molar-refractivity contribution in [2.24, 2.45) is 4.99 Å². The SMILES string of the molecule is CCOC(=O)C1=C(c2ccccc2)N=c2s/c(=C\c3cc(Cl)c(OCc4ccc(Br)cc4)c(OC)c3)c(=O)n2[C@H]1c1cccs1. The van der Waals surface area contributed by atoms with Crippen LogP contribution in [-0.2, 0) is 16.1 Å². The van der Waals surface area contributed by atoms with Gasteiger partial charge in [0.15, 0.2) is 16.3 Å². The zero-order valence-corrected chi connectivity index (χ0v) is 28.1. The van der Waals surface area contributed by atoms with Gasteiger partial charge in [-0.25, -0.2) is 9.79 Å². The molecule has 5 aromatic rings. The number of hydrogen-bond acceptors (Lipinski definition) is 8. The van der Waals surface area contributed by atoms with E-state index in [2.05, 4.69) is 15.9 Å². The van der Waals surface area contributed by atoms with Gasteiger partial charge in [-0.3, -0.25) is 9.36 Å². The van der Waals surface area contributed by atoms with E-state index < -0.39 is 12.0 Å². The number of fused-ring (bicyclic) bond motifs is 1. The average Bonchev–Trinajstić information content (AvgIpc) is 3.69. The van der Waals surface area contributed by atoms with E-state index >= 15 is 0 Å². The van der Waals surface area contributed by atoms with Crippen molar-refractivity contribution in [1.82, 2.24) is 4.57 Å². The Kier molecular flexibility index (Phi) is 9.37. The van der Waals surface area contributed by atoms with Crippen LogP contribution in [0.4, 0.5) is 0 Å². The highest BCUT2D eigenvalue weighted by molar-refractivity contribution is 9.10. The first kappa shape index (κ1) is 31.0. The number of ether oxygens (including phenoxy) is 3. The molecule has 11 heteroatoms. The van der Waals surface area contributed by atoms with Gasteiger partial charge in [0.05, 0.1) is 34.5 Å². The number of rotatable bonds is 9. The van der Waals surface area contributed by atoms with Gasteiger partial charge in [0.1, 0.15) is 12.6 Å². The Hall–Kier alpha value is -3.96. The molecule has 45 heavy (non-hydrogen) atoms. The van der Waals surface area contributed by atoms with Gasteiger partial charge in [-0.15, -0.1) is 11.3 Å². The predicted molar refractivity (Wildman–Crippen MR) is 182 cm³/mol. The van der Waals surface area contributed by atoms with Crippen molar-refractivity contribution in [3.63, 3.8) is 0 Å². The second kappa shape index (κ2) is 13.6. The summed E-state index contributed by atoms with van der Waals surface area (Å²) in [6, 6.07) is 23.9. The van der Waals surface area contributed by atoms with Crippen LogP contribution in [0.15, 0.2) is 104 Å². The van der Waals surface area contributed by atoms with E-state index in [9.17, 15) is 9.59 Å². The molecule has 0 bridgehead atoms. The summed E-state index contributed by atoms with van der Waals surface area (Å²) >= 11 is 12.8. The van der Waals surface area contributed by atoms with Crippen LogP contribution in [0.2, 0.25) is 5.02 Å². The molecule has 0 N–H and O–H groups in total. The van der Waals surface area contributed by atoms with Crippen LogP contribution in [0.25, 0.3) is 11.8 Å². The molecule has 0 fully saturated rings. The molecule has 0 spiro atoms. The third kappa shape index (κ3) is 6.41. The molecule has 2 aromatic heterocycles. The lowest BCUT2D eigenvalue weighted by Gasteiger charge is -2.24. The summed E-state index contributed by atoms with van der Waals surface area (Å²) in [6.45, 7) is 2.25. The van der Waals surface area contributed by atoms with Crippen molar-refractivity contribution in [2.75, 3.05) is 13.7 Å². The summed E-state index contributed by atoms with van der Waals surface area (Å²) in [5.74, 6) is 0.332. The smallest absolute Gasteiger partial charge is 0.338 e. The molecule has 0 aliphatic carbocycles. The molecule has 0 unspecified atom stereocenters. The van der Waals surface area contributed by atoms with E-state index in [1.54, 1.807) is 36.8 Å². The number of methoxy groups -OCH3 is 1. The van der Waals surface area contributed by atoms with Gasteiger partial charge < -0.3 is 14.2 Å². The number of hydrogen-bond donors (Lipinski definition) is 0. The zero-order valence-electron chi connectivity index (χ0n) is 24.2. The fraction of sp³-hybridized carbons (Fsp3) is 0.147. The summed E-state index contributed by atoms with van der Waals surface area (Å²) in [4.78, 5) is 33.8. The Labute approximate surface area is 280 Å². The topological polar surface area (TPSA) is 79.1 Å². The van der Waals surface area contributed by atoms with Gasteiger partial charge in [-0.05, 0) is 59.8 Å². The number of carbonyl (C=O) groups is 1. The lowest BCUT2D eigenvalue weighted by atomic mass is 9.97. The molecule has 0 saturated heterocycles. The number of aromatic nitrogens is 1. The molecule has 1 aliphatic heterocycles. The summed E-state index contributed by atoms with van der Waals surface area (Å²) in [6.07, 6.45) is 1.75. The van der Waals surface area contributed by atoms with Crippen LogP contribution in [0.5, 0.6) is 11.5 Å². The first-order valence-electron chi connectivity index (χ1n) is 13.9.